The fourth-order valence-corrected chi connectivity index (χ4v) is 6.66. The smallest absolute Gasteiger partial charge is 0.223 e. The topological polar surface area (TPSA) is 22.4 Å². The highest BCUT2D eigenvalue weighted by Gasteiger charge is 2.55. The van der Waals surface area contributed by atoms with E-state index in [1.54, 1.807) is 0 Å². The standard InChI is InChI=1S/C30H23BO2/c1-30(2,3)16-14-19-25-21(12-13-24-26(25)17-8-4-6-10-22(17)32-24)31-27(19)20(15-16)29-28(31)18-9-5-7-11-23(18)33-29/h4-15,28-29H,1-3H3. The predicted octanol–water partition coefficient (Wildman–Crippen LogP) is 6.24. The van der Waals surface area contributed by atoms with Crippen LogP contribution in [0, 0.1) is 0 Å². The summed E-state index contributed by atoms with van der Waals surface area (Å²) in [6, 6.07) is 26.4. The molecule has 0 aliphatic carbocycles. The molecule has 0 N–H and O–H groups in total. The first kappa shape index (κ1) is 18.0. The normalized spacial score (nSPS) is 19.5. The molecule has 3 heteroatoms. The van der Waals surface area contributed by atoms with Gasteiger partial charge in [-0.3, -0.25) is 0 Å². The van der Waals surface area contributed by atoms with Crippen molar-refractivity contribution in [2.75, 3.05) is 0 Å². The van der Waals surface area contributed by atoms with Crippen molar-refractivity contribution >= 4 is 39.6 Å². The average Bonchev–Trinajstić information content (AvgIpc) is 3.52. The largest absolute Gasteiger partial charge is 0.486 e. The third kappa shape index (κ3) is 2.11. The van der Waals surface area contributed by atoms with E-state index in [1.165, 1.54) is 49.5 Å². The number of fused-ring (bicyclic) bond motifs is 12. The van der Waals surface area contributed by atoms with Crippen LogP contribution in [0.25, 0.3) is 33.1 Å². The summed E-state index contributed by atoms with van der Waals surface area (Å²) in [4.78, 5) is 0. The molecule has 0 fully saturated rings. The molecule has 0 saturated heterocycles. The van der Waals surface area contributed by atoms with Gasteiger partial charge in [-0.05, 0) is 51.4 Å². The van der Waals surface area contributed by atoms with E-state index in [2.05, 4.69) is 93.6 Å². The minimum atomic E-state index is 0.0552. The van der Waals surface area contributed by atoms with Crippen LogP contribution in [0.4, 0.5) is 0 Å². The molecule has 4 aromatic carbocycles. The summed E-state index contributed by atoms with van der Waals surface area (Å²) in [5.41, 5.74) is 11.7. The van der Waals surface area contributed by atoms with Crippen molar-refractivity contribution in [3.05, 3.63) is 89.5 Å². The van der Waals surface area contributed by atoms with E-state index in [-0.39, 0.29) is 11.5 Å². The van der Waals surface area contributed by atoms with Crippen LogP contribution in [-0.2, 0) is 5.41 Å². The molecule has 3 aliphatic heterocycles. The van der Waals surface area contributed by atoms with Crippen molar-refractivity contribution in [1.82, 2.24) is 0 Å². The second kappa shape index (κ2) is 5.72. The number of benzene rings is 4. The van der Waals surface area contributed by atoms with Gasteiger partial charge in [-0.15, -0.1) is 0 Å². The lowest BCUT2D eigenvalue weighted by atomic mass is 9.37. The van der Waals surface area contributed by atoms with Crippen molar-refractivity contribution in [1.29, 1.82) is 0 Å². The third-order valence-corrected chi connectivity index (χ3v) is 8.09. The van der Waals surface area contributed by atoms with Crippen molar-refractivity contribution in [2.45, 2.75) is 38.1 Å². The van der Waals surface area contributed by atoms with Gasteiger partial charge in [0.2, 0.25) is 6.71 Å². The van der Waals surface area contributed by atoms with Crippen molar-refractivity contribution in [2.24, 2.45) is 0 Å². The molecule has 0 amide bonds. The number of ether oxygens (including phenoxy) is 1. The van der Waals surface area contributed by atoms with Gasteiger partial charge in [0.25, 0.3) is 0 Å². The van der Waals surface area contributed by atoms with Crippen molar-refractivity contribution in [3.8, 4) is 16.9 Å². The van der Waals surface area contributed by atoms with Crippen molar-refractivity contribution in [3.63, 3.8) is 0 Å². The number of rotatable bonds is 0. The Balaban J connectivity index is 1.52. The lowest BCUT2D eigenvalue weighted by Gasteiger charge is -2.23. The molecule has 0 spiro atoms. The average molecular weight is 426 g/mol. The maximum absolute atomic E-state index is 6.62. The molecule has 0 radical (unpaired) electrons. The maximum Gasteiger partial charge on any atom is 0.223 e. The van der Waals surface area contributed by atoms with E-state index >= 15 is 0 Å². The van der Waals surface area contributed by atoms with Crippen LogP contribution in [0.15, 0.2) is 77.2 Å². The highest BCUT2D eigenvalue weighted by molar-refractivity contribution is 6.92. The summed E-state index contributed by atoms with van der Waals surface area (Å²) in [5, 5.41) is 2.47. The lowest BCUT2D eigenvalue weighted by Crippen LogP contribution is -2.40. The van der Waals surface area contributed by atoms with Crippen LogP contribution in [0.2, 0.25) is 0 Å². The Morgan fingerprint density at radius 3 is 2.52 bits per heavy atom. The molecule has 8 rings (SSSR count). The van der Waals surface area contributed by atoms with E-state index in [0.717, 1.165) is 16.9 Å². The Kier molecular flexibility index (Phi) is 3.12. The molecule has 4 heterocycles. The summed E-state index contributed by atoms with van der Waals surface area (Å²) in [6.45, 7) is 7.24. The van der Waals surface area contributed by atoms with Gasteiger partial charge in [0.15, 0.2) is 0 Å². The molecule has 2 nitrogen and oxygen atoms in total. The van der Waals surface area contributed by atoms with Gasteiger partial charge >= 0.3 is 0 Å². The third-order valence-electron chi connectivity index (χ3n) is 8.09. The van der Waals surface area contributed by atoms with Crippen LogP contribution in [-0.4, -0.2) is 6.71 Å². The first-order chi connectivity index (χ1) is 16.0. The van der Waals surface area contributed by atoms with Crippen molar-refractivity contribution < 1.29 is 9.15 Å². The molecule has 5 aromatic rings. The fourth-order valence-electron chi connectivity index (χ4n) is 6.66. The molecular formula is C30H23BO2. The maximum atomic E-state index is 6.62. The van der Waals surface area contributed by atoms with E-state index < -0.39 is 0 Å². The van der Waals surface area contributed by atoms with Gasteiger partial charge in [-0.2, -0.15) is 0 Å². The highest BCUT2D eigenvalue weighted by atomic mass is 16.5. The van der Waals surface area contributed by atoms with E-state index in [0.29, 0.717) is 12.5 Å². The molecular weight excluding hydrogens is 403 g/mol. The van der Waals surface area contributed by atoms with Gasteiger partial charge in [0.1, 0.15) is 23.0 Å². The molecule has 0 bridgehead atoms. The van der Waals surface area contributed by atoms with E-state index in [1.807, 2.05) is 0 Å². The Labute approximate surface area is 193 Å². The van der Waals surface area contributed by atoms with Gasteiger partial charge in [0, 0.05) is 16.6 Å². The number of para-hydroxylation sites is 2. The minimum absolute atomic E-state index is 0.0552. The Morgan fingerprint density at radius 1 is 0.818 bits per heavy atom. The molecule has 158 valence electrons. The fraction of sp³-hybridized carbons (Fsp3) is 0.200. The molecule has 33 heavy (non-hydrogen) atoms. The first-order valence-electron chi connectivity index (χ1n) is 11.9. The number of furan rings is 1. The first-order valence-corrected chi connectivity index (χ1v) is 11.9. The second-order valence-electron chi connectivity index (χ2n) is 10.9. The number of hydrogen-bond acceptors (Lipinski definition) is 2. The molecule has 2 atom stereocenters. The van der Waals surface area contributed by atoms with E-state index in [9.17, 15) is 0 Å². The molecule has 1 aromatic heterocycles. The predicted molar refractivity (Wildman–Crippen MR) is 135 cm³/mol. The Bertz CT molecular complexity index is 1650. The van der Waals surface area contributed by atoms with Crippen LogP contribution >= 0.6 is 0 Å². The quantitative estimate of drug-likeness (QED) is 0.274. The van der Waals surface area contributed by atoms with Crippen LogP contribution in [0.3, 0.4) is 0 Å². The summed E-state index contributed by atoms with van der Waals surface area (Å²) < 4.78 is 12.9. The summed E-state index contributed by atoms with van der Waals surface area (Å²) in [7, 11) is 0. The Morgan fingerprint density at radius 2 is 1.64 bits per heavy atom. The second-order valence-corrected chi connectivity index (χ2v) is 10.9. The Hall–Kier alpha value is -3.46. The van der Waals surface area contributed by atoms with Gasteiger partial charge in [0.05, 0.1) is 0 Å². The zero-order valence-electron chi connectivity index (χ0n) is 19.0. The summed E-state index contributed by atoms with van der Waals surface area (Å²) in [6.07, 6.45) is 0.0911. The van der Waals surface area contributed by atoms with Crippen LogP contribution in [0.5, 0.6) is 5.75 Å². The minimum Gasteiger partial charge on any atom is -0.486 e. The van der Waals surface area contributed by atoms with Gasteiger partial charge in [-0.25, -0.2) is 0 Å². The van der Waals surface area contributed by atoms with Crippen LogP contribution < -0.4 is 15.7 Å². The zero-order valence-corrected chi connectivity index (χ0v) is 19.0. The van der Waals surface area contributed by atoms with Gasteiger partial charge in [-0.1, -0.05) is 86.3 Å². The SMILES string of the molecule is CC(C)(C)c1cc2c3c(c1)C1Oc4ccccc4C1B3c1ccc3oc4ccccc4c3c1-2. The van der Waals surface area contributed by atoms with E-state index in [4.69, 9.17) is 9.15 Å². The lowest BCUT2D eigenvalue weighted by molar-refractivity contribution is 0.237. The molecule has 0 saturated carbocycles. The summed E-state index contributed by atoms with van der Waals surface area (Å²) in [5.74, 6) is 1.37. The molecule has 3 aliphatic rings. The molecule has 2 unspecified atom stereocenters. The van der Waals surface area contributed by atoms with Gasteiger partial charge < -0.3 is 9.15 Å². The monoisotopic (exact) mass is 426 g/mol. The zero-order chi connectivity index (χ0) is 22.1. The summed E-state index contributed by atoms with van der Waals surface area (Å²) >= 11 is 0. The highest BCUT2D eigenvalue weighted by Crippen LogP contribution is 2.54. The van der Waals surface area contributed by atoms with Crippen LogP contribution in [0.1, 0.15) is 49.4 Å². The number of hydrogen-bond donors (Lipinski definition) is 0.